The largest absolute Gasteiger partial charge is 0.381 e. The molecule has 3 rings (SSSR count). The molecule has 0 spiro atoms. The third-order valence-electron chi connectivity index (χ3n) is 3.49. The highest BCUT2D eigenvalue weighted by Gasteiger charge is 2.21. The SMILES string of the molecule is Cn1c(Br)cn2c(C3CCOCC3)ncc2c1=O. The van der Waals surface area contributed by atoms with E-state index in [0.717, 1.165) is 36.5 Å². The number of imidazole rings is 1. The van der Waals surface area contributed by atoms with Crippen molar-refractivity contribution in [2.45, 2.75) is 18.8 Å². The Morgan fingerprint density at radius 3 is 2.89 bits per heavy atom. The molecule has 1 aliphatic rings. The van der Waals surface area contributed by atoms with E-state index in [1.54, 1.807) is 17.8 Å². The minimum atomic E-state index is -0.0322. The summed E-state index contributed by atoms with van der Waals surface area (Å²) in [6, 6.07) is 0. The Bertz CT molecular complexity index is 641. The van der Waals surface area contributed by atoms with Gasteiger partial charge < -0.3 is 9.30 Å². The third kappa shape index (κ3) is 1.80. The highest BCUT2D eigenvalue weighted by molar-refractivity contribution is 9.10. The molecule has 5 nitrogen and oxygen atoms in total. The van der Waals surface area contributed by atoms with E-state index in [4.69, 9.17) is 4.74 Å². The predicted octanol–water partition coefficient (Wildman–Crippen LogP) is 1.69. The van der Waals surface area contributed by atoms with Gasteiger partial charge in [-0.2, -0.15) is 0 Å². The van der Waals surface area contributed by atoms with Gasteiger partial charge >= 0.3 is 0 Å². The fourth-order valence-electron chi connectivity index (χ4n) is 2.39. The number of nitrogens with zero attached hydrogens (tertiary/aromatic N) is 3. The third-order valence-corrected chi connectivity index (χ3v) is 4.23. The van der Waals surface area contributed by atoms with Crippen LogP contribution in [0.15, 0.2) is 21.8 Å². The molecular formula is C12H14BrN3O2. The van der Waals surface area contributed by atoms with Gasteiger partial charge in [0.2, 0.25) is 0 Å². The number of ether oxygens (including phenoxy) is 1. The van der Waals surface area contributed by atoms with E-state index in [1.807, 2.05) is 10.6 Å². The lowest BCUT2D eigenvalue weighted by atomic mass is 10.00. The molecule has 6 heteroatoms. The first kappa shape index (κ1) is 11.9. The second-order valence-corrected chi connectivity index (χ2v) is 5.39. The Balaban J connectivity index is 2.17. The van der Waals surface area contributed by atoms with Crippen LogP contribution in [0.2, 0.25) is 0 Å². The Morgan fingerprint density at radius 2 is 2.17 bits per heavy atom. The lowest BCUT2D eigenvalue weighted by Crippen LogP contribution is -2.21. The minimum Gasteiger partial charge on any atom is -0.381 e. The zero-order valence-electron chi connectivity index (χ0n) is 10.1. The van der Waals surface area contributed by atoms with E-state index in [-0.39, 0.29) is 5.56 Å². The van der Waals surface area contributed by atoms with Crippen LogP contribution in [-0.4, -0.2) is 27.2 Å². The van der Waals surface area contributed by atoms with Gasteiger partial charge in [0.1, 0.15) is 15.9 Å². The molecule has 2 aromatic heterocycles. The van der Waals surface area contributed by atoms with Crippen LogP contribution in [0.3, 0.4) is 0 Å². The van der Waals surface area contributed by atoms with Gasteiger partial charge in [-0.15, -0.1) is 0 Å². The second-order valence-electron chi connectivity index (χ2n) is 4.57. The Kier molecular flexibility index (Phi) is 2.99. The van der Waals surface area contributed by atoms with Gasteiger partial charge in [0.25, 0.3) is 5.56 Å². The molecule has 0 unspecified atom stereocenters. The summed E-state index contributed by atoms with van der Waals surface area (Å²) < 4.78 is 9.60. The molecule has 1 aliphatic heterocycles. The molecule has 0 amide bonds. The average molecular weight is 312 g/mol. The molecule has 2 aromatic rings. The van der Waals surface area contributed by atoms with Crippen LogP contribution in [0, 0.1) is 0 Å². The van der Waals surface area contributed by atoms with Crippen LogP contribution in [-0.2, 0) is 11.8 Å². The van der Waals surface area contributed by atoms with Crippen LogP contribution < -0.4 is 5.56 Å². The van der Waals surface area contributed by atoms with E-state index in [2.05, 4.69) is 20.9 Å². The van der Waals surface area contributed by atoms with E-state index in [1.165, 1.54) is 0 Å². The summed E-state index contributed by atoms with van der Waals surface area (Å²) in [5.74, 6) is 1.34. The topological polar surface area (TPSA) is 48.5 Å². The van der Waals surface area contributed by atoms with Gasteiger partial charge in [0, 0.05) is 32.4 Å². The standard InChI is InChI=1S/C12H14BrN3O2/c1-15-10(13)7-16-9(12(15)17)6-14-11(16)8-2-4-18-5-3-8/h6-8H,2-5H2,1H3. The van der Waals surface area contributed by atoms with Crippen LogP contribution in [0.1, 0.15) is 24.6 Å². The van der Waals surface area contributed by atoms with Crippen molar-refractivity contribution in [1.29, 1.82) is 0 Å². The van der Waals surface area contributed by atoms with Crippen molar-refractivity contribution in [2.24, 2.45) is 7.05 Å². The first-order chi connectivity index (χ1) is 8.68. The molecule has 0 N–H and O–H groups in total. The molecule has 0 radical (unpaired) electrons. The zero-order chi connectivity index (χ0) is 12.7. The van der Waals surface area contributed by atoms with Crippen molar-refractivity contribution in [2.75, 3.05) is 13.2 Å². The van der Waals surface area contributed by atoms with Crippen molar-refractivity contribution in [1.82, 2.24) is 14.0 Å². The van der Waals surface area contributed by atoms with E-state index < -0.39 is 0 Å². The number of aromatic nitrogens is 3. The minimum absolute atomic E-state index is 0.0322. The van der Waals surface area contributed by atoms with Gasteiger partial charge in [0.05, 0.1) is 6.20 Å². The molecule has 3 heterocycles. The summed E-state index contributed by atoms with van der Waals surface area (Å²) in [6.45, 7) is 1.54. The van der Waals surface area contributed by atoms with Crippen molar-refractivity contribution >= 4 is 21.4 Å². The fourth-order valence-corrected chi connectivity index (χ4v) is 2.75. The molecule has 1 saturated heterocycles. The number of hydrogen-bond donors (Lipinski definition) is 0. The van der Waals surface area contributed by atoms with Crippen molar-refractivity contribution < 1.29 is 4.74 Å². The smallest absolute Gasteiger partial charge is 0.277 e. The van der Waals surface area contributed by atoms with Crippen molar-refractivity contribution in [3.63, 3.8) is 0 Å². The van der Waals surface area contributed by atoms with E-state index in [0.29, 0.717) is 11.4 Å². The van der Waals surface area contributed by atoms with Gasteiger partial charge in [-0.05, 0) is 28.8 Å². The number of rotatable bonds is 1. The molecular weight excluding hydrogens is 298 g/mol. The summed E-state index contributed by atoms with van der Waals surface area (Å²) in [5, 5.41) is 0. The van der Waals surface area contributed by atoms with Crippen LogP contribution in [0.25, 0.3) is 5.52 Å². The quantitative estimate of drug-likeness (QED) is 0.805. The average Bonchev–Trinajstić information content (AvgIpc) is 2.81. The Morgan fingerprint density at radius 1 is 1.44 bits per heavy atom. The first-order valence-corrected chi connectivity index (χ1v) is 6.78. The predicted molar refractivity (Wildman–Crippen MR) is 70.9 cm³/mol. The number of fused-ring (bicyclic) bond motifs is 1. The monoisotopic (exact) mass is 311 g/mol. The van der Waals surface area contributed by atoms with Gasteiger partial charge in [-0.3, -0.25) is 9.20 Å². The molecule has 0 saturated carbocycles. The molecule has 18 heavy (non-hydrogen) atoms. The molecule has 0 aliphatic carbocycles. The van der Waals surface area contributed by atoms with Gasteiger partial charge in [-0.25, -0.2) is 4.98 Å². The number of hydrogen-bond acceptors (Lipinski definition) is 3. The van der Waals surface area contributed by atoms with Gasteiger partial charge in [0.15, 0.2) is 0 Å². The molecule has 1 fully saturated rings. The molecule has 0 atom stereocenters. The zero-order valence-corrected chi connectivity index (χ0v) is 11.7. The normalized spacial score (nSPS) is 17.4. The molecule has 96 valence electrons. The van der Waals surface area contributed by atoms with Crippen molar-refractivity contribution in [3.8, 4) is 0 Å². The Labute approximate surface area is 113 Å². The Hall–Kier alpha value is -1.14. The van der Waals surface area contributed by atoms with Crippen LogP contribution in [0.4, 0.5) is 0 Å². The van der Waals surface area contributed by atoms with Crippen LogP contribution in [0.5, 0.6) is 0 Å². The van der Waals surface area contributed by atoms with E-state index in [9.17, 15) is 4.79 Å². The number of halogens is 1. The lowest BCUT2D eigenvalue weighted by molar-refractivity contribution is 0.0835. The first-order valence-electron chi connectivity index (χ1n) is 5.98. The fraction of sp³-hybridized carbons (Fsp3) is 0.500. The molecule has 0 aromatic carbocycles. The summed E-state index contributed by atoms with van der Waals surface area (Å²) in [4.78, 5) is 16.5. The highest BCUT2D eigenvalue weighted by atomic mass is 79.9. The summed E-state index contributed by atoms with van der Waals surface area (Å²) >= 11 is 3.40. The summed E-state index contributed by atoms with van der Waals surface area (Å²) in [7, 11) is 1.74. The molecule has 0 bridgehead atoms. The van der Waals surface area contributed by atoms with Crippen molar-refractivity contribution in [3.05, 3.63) is 33.2 Å². The van der Waals surface area contributed by atoms with E-state index >= 15 is 0 Å². The van der Waals surface area contributed by atoms with Crippen LogP contribution >= 0.6 is 15.9 Å². The summed E-state index contributed by atoms with van der Waals surface area (Å²) in [5.41, 5.74) is 0.595. The highest BCUT2D eigenvalue weighted by Crippen LogP contribution is 2.26. The summed E-state index contributed by atoms with van der Waals surface area (Å²) in [6.07, 6.45) is 5.51. The lowest BCUT2D eigenvalue weighted by Gasteiger charge is -2.21. The maximum atomic E-state index is 12.1. The van der Waals surface area contributed by atoms with Gasteiger partial charge in [-0.1, -0.05) is 0 Å². The maximum Gasteiger partial charge on any atom is 0.277 e. The maximum absolute atomic E-state index is 12.1. The second kappa shape index (κ2) is 4.51.